The van der Waals surface area contributed by atoms with Crippen LogP contribution in [0.4, 0.5) is 0 Å². The summed E-state index contributed by atoms with van der Waals surface area (Å²) in [6.45, 7) is 2.21. The summed E-state index contributed by atoms with van der Waals surface area (Å²) in [6, 6.07) is 9.12. The Morgan fingerprint density at radius 1 is 1.00 bits per heavy atom. The van der Waals surface area contributed by atoms with Gasteiger partial charge in [0, 0.05) is 0 Å². The first kappa shape index (κ1) is 17.0. The molecule has 0 unspecified atom stereocenters. The average molecular weight is 298 g/mol. The highest BCUT2D eigenvalue weighted by Gasteiger charge is 2.18. The van der Waals surface area contributed by atoms with Crippen molar-refractivity contribution in [3.63, 3.8) is 0 Å². The van der Waals surface area contributed by atoms with Crippen molar-refractivity contribution in [1.82, 2.24) is 0 Å². The zero-order valence-electron chi connectivity index (χ0n) is 14.0. The van der Waals surface area contributed by atoms with Gasteiger partial charge in [0.2, 0.25) is 0 Å². The Hall–Kier alpha value is -1.37. The van der Waals surface area contributed by atoms with Crippen LogP contribution in [0.5, 0.6) is 0 Å². The number of hydrogen-bond donors (Lipinski definition) is 0. The minimum absolute atomic E-state index is 0.651. The first-order chi connectivity index (χ1) is 10.8. The summed E-state index contributed by atoms with van der Waals surface area (Å²) in [4.78, 5) is 10.4. The van der Waals surface area contributed by atoms with Gasteiger partial charge in [-0.05, 0) is 74.0 Å². The van der Waals surface area contributed by atoms with Gasteiger partial charge >= 0.3 is 0 Å². The molecular weight excluding hydrogens is 268 g/mol. The Morgan fingerprint density at radius 2 is 1.68 bits per heavy atom. The predicted octanol–water partition coefficient (Wildman–Crippen LogP) is 5.52. The van der Waals surface area contributed by atoms with Crippen molar-refractivity contribution in [3.8, 4) is 0 Å². The van der Waals surface area contributed by atoms with Gasteiger partial charge in [-0.3, -0.25) is 4.79 Å². The molecule has 1 aliphatic rings. The largest absolute Gasteiger partial charge is 0.299 e. The van der Waals surface area contributed by atoms with E-state index < -0.39 is 0 Å². The molecule has 0 bridgehead atoms. The Balaban J connectivity index is 1.59. The lowest BCUT2D eigenvalue weighted by Gasteiger charge is -2.26. The molecule has 0 atom stereocenters. The number of aldehydes is 1. The maximum Gasteiger partial charge on any atom is 0.142 e. The first-order valence-electron chi connectivity index (χ1n) is 9.01. The zero-order valence-corrected chi connectivity index (χ0v) is 14.0. The second kappa shape index (κ2) is 9.61. The average Bonchev–Trinajstić information content (AvgIpc) is 2.58. The Morgan fingerprint density at radius 3 is 2.32 bits per heavy atom. The van der Waals surface area contributed by atoms with Crippen LogP contribution in [0, 0.1) is 11.8 Å². The molecular formula is C21H30O. The van der Waals surface area contributed by atoms with E-state index in [0.717, 1.165) is 18.6 Å². The lowest BCUT2D eigenvalue weighted by molar-refractivity contribution is -0.104. The second-order valence-electron chi connectivity index (χ2n) is 6.72. The van der Waals surface area contributed by atoms with Gasteiger partial charge in [-0.2, -0.15) is 0 Å². The van der Waals surface area contributed by atoms with Gasteiger partial charge < -0.3 is 0 Å². The molecule has 120 valence electrons. The van der Waals surface area contributed by atoms with Gasteiger partial charge in [-0.15, -0.1) is 0 Å². The van der Waals surface area contributed by atoms with Crippen molar-refractivity contribution < 1.29 is 4.79 Å². The molecule has 0 amide bonds. The molecule has 0 N–H and O–H groups in total. The number of benzene rings is 1. The normalized spacial score (nSPS) is 22.0. The SMILES string of the molecule is CCc1ccc(CCCC[C@H]2CC[C@H](C=CC=O)CC2)cc1. The molecule has 1 fully saturated rings. The number of rotatable bonds is 8. The Kier molecular flexibility index (Phi) is 7.42. The van der Waals surface area contributed by atoms with E-state index in [1.54, 1.807) is 6.08 Å². The highest BCUT2D eigenvalue weighted by Crippen LogP contribution is 2.32. The highest BCUT2D eigenvalue weighted by atomic mass is 16.1. The van der Waals surface area contributed by atoms with Gasteiger partial charge in [0.05, 0.1) is 0 Å². The zero-order chi connectivity index (χ0) is 15.6. The van der Waals surface area contributed by atoms with E-state index in [0.29, 0.717) is 5.92 Å². The maximum atomic E-state index is 10.4. The standard InChI is InChI=1S/C21H30O/c1-2-18-9-11-19(12-10-18)6-3-4-7-20-13-15-21(16-14-20)8-5-17-22/h5,8-12,17,20-21H,2-4,6-7,13-16H2,1H3/t20-,21-. The number of allylic oxidation sites excluding steroid dienone is 2. The van der Waals surface area contributed by atoms with E-state index in [1.165, 1.54) is 62.5 Å². The van der Waals surface area contributed by atoms with E-state index in [1.807, 2.05) is 0 Å². The third kappa shape index (κ3) is 5.79. The van der Waals surface area contributed by atoms with Crippen LogP contribution in [0.3, 0.4) is 0 Å². The van der Waals surface area contributed by atoms with Gasteiger partial charge in [0.25, 0.3) is 0 Å². The highest BCUT2D eigenvalue weighted by molar-refractivity contribution is 5.64. The molecule has 1 saturated carbocycles. The van der Waals surface area contributed by atoms with Crippen LogP contribution in [0.15, 0.2) is 36.4 Å². The molecule has 2 rings (SSSR count). The maximum absolute atomic E-state index is 10.4. The van der Waals surface area contributed by atoms with Crippen LogP contribution < -0.4 is 0 Å². The fourth-order valence-electron chi connectivity index (χ4n) is 3.58. The summed E-state index contributed by atoms with van der Waals surface area (Å²) < 4.78 is 0. The third-order valence-electron chi connectivity index (χ3n) is 5.11. The van der Waals surface area contributed by atoms with E-state index in [2.05, 4.69) is 37.3 Å². The number of aryl methyl sites for hydroxylation is 2. The molecule has 0 radical (unpaired) electrons. The predicted molar refractivity (Wildman–Crippen MR) is 94.0 cm³/mol. The second-order valence-corrected chi connectivity index (χ2v) is 6.72. The summed E-state index contributed by atoms with van der Waals surface area (Å²) in [5.74, 6) is 1.57. The molecule has 1 nitrogen and oxygen atoms in total. The fraction of sp³-hybridized carbons (Fsp3) is 0.571. The van der Waals surface area contributed by atoms with E-state index in [-0.39, 0.29) is 0 Å². The van der Waals surface area contributed by atoms with Gasteiger partial charge in [0.15, 0.2) is 0 Å². The smallest absolute Gasteiger partial charge is 0.142 e. The fourth-order valence-corrected chi connectivity index (χ4v) is 3.58. The van der Waals surface area contributed by atoms with Crippen molar-refractivity contribution in [2.24, 2.45) is 11.8 Å². The quantitative estimate of drug-likeness (QED) is 0.351. The van der Waals surface area contributed by atoms with Crippen molar-refractivity contribution in [2.45, 2.75) is 64.7 Å². The van der Waals surface area contributed by atoms with Crippen LogP contribution in [0.25, 0.3) is 0 Å². The summed E-state index contributed by atoms with van der Waals surface area (Å²) >= 11 is 0. The van der Waals surface area contributed by atoms with Crippen LogP contribution in [-0.4, -0.2) is 6.29 Å². The Labute approximate surface area is 135 Å². The number of unbranched alkanes of at least 4 members (excludes halogenated alkanes) is 1. The molecule has 22 heavy (non-hydrogen) atoms. The molecule has 1 aromatic rings. The first-order valence-corrected chi connectivity index (χ1v) is 9.01. The van der Waals surface area contributed by atoms with Crippen LogP contribution in [0.2, 0.25) is 0 Å². The summed E-state index contributed by atoms with van der Waals surface area (Å²) in [6.07, 6.45) is 16.3. The molecule has 1 aliphatic carbocycles. The molecule has 1 aromatic carbocycles. The number of carbonyl (C=O) groups is 1. The third-order valence-corrected chi connectivity index (χ3v) is 5.11. The lowest BCUT2D eigenvalue weighted by Crippen LogP contribution is -2.13. The molecule has 0 heterocycles. The van der Waals surface area contributed by atoms with Crippen molar-refractivity contribution in [2.75, 3.05) is 0 Å². The molecule has 0 spiro atoms. The van der Waals surface area contributed by atoms with E-state index >= 15 is 0 Å². The molecule has 0 aliphatic heterocycles. The lowest BCUT2D eigenvalue weighted by atomic mass is 9.79. The topological polar surface area (TPSA) is 17.1 Å². The minimum atomic E-state index is 0.651. The van der Waals surface area contributed by atoms with Crippen LogP contribution >= 0.6 is 0 Å². The molecule has 0 aromatic heterocycles. The molecule has 1 heteroatoms. The van der Waals surface area contributed by atoms with Gasteiger partial charge in [-0.25, -0.2) is 0 Å². The van der Waals surface area contributed by atoms with Crippen LogP contribution in [0.1, 0.15) is 63.0 Å². The van der Waals surface area contributed by atoms with Crippen LogP contribution in [-0.2, 0) is 17.6 Å². The summed E-state index contributed by atoms with van der Waals surface area (Å²) in [5.41, 5.74) is 2.92. The van der Waals surface area contributed by atoms with E-state index in [9.17, 15) is 4.79 Å². The monoisotopic (exact) mass is 298 g/mol. The van der Waals surface area contributed by atoms with Crippen molar-refractivity contribution in [1.29, 1.82) is 0 Å². The minimum Gasteiger partial charge on any atom is -0.299 e. The van der Waals surface area contributed by atoms with Gasteiger partial charge in [-0.1, -0.05) is 50.1 Å². The summed E-state index contributed by atoms with van der Waals surface area (Å²) in [7, 11) is 0. The number of carbonyl (C=O) groups excluding carboxylic acids is 1. The number of hydrogen-bond acceptors (Lipinski definition) is 1. The molecule has 0 saturated heterocycles. The van der Waals surface area contributed by atoms with Crippen molar-refractivity contribution >= 4 is 6.29 Å². The Bertz CT molecular complexity index is 449. The van der Waals surface area contributed by atoms with Gasteiger partial charge in [0.1, 0.15) is 6.29 Å². The summed E-state index contributed by atoms with van der Waals surface area (Å²) in [5, 5.41) is 0. The van der Waals surface area contributed by atoms with Crippen molar-refractivity contribution in [3.05, 3.63) is 47.5 Å². The van der Waals surface area contributed by atoms with E-state index in [4.69, 9.17) is 0 Å².